The van der Waals surface area contributed by atoms with Gasteiger partial charge in [0.1, 0.15) is 5.60 Å². The van der Waals surface area contributed by atoms with Crippen LogP contribution in [0, 0.1) is 0 Å². The Hall–Kier alpha value is -1.71. The van der Waals surface area contributed by atoms with Crippen molar-refractivity contribution in [3.8, 4) is 0 Å². The zero-order valence-electron chi connectivity index (χ0n) is 12.3. The number of likely N-dealkylation sites (tertiary alicyclic amines) is 1. The summed E-state index contributed by atoms with van der Waals surface area (Å²) in [6.07, 6.45) is 7.40. The number of carbonyl (C=O) groups is 1. The van der Waals surface area contributed by atoms with E-state index in [2.05, 4.69) is 16.8 Å². The van der Waals surface area contributed by atoms with Gasteiger partial charge in [-0.3, -0.25) is 0 Å². The lowest BCUT2D eigenvalue weighted by Crippen LogP contribution is -2.58. The lowest BCUT2D eigenvalue weighted by Gasteiger charge is -2.41. The number of hydrogen-bond acceptors (Lipinski definition) is 3. The molecule has 1 rings (SSSR count). The van der Waals surface area contributed by atoms with Crippen molar-refractivity contribution in [3.05, 3.63) is 36.6 Å². The summed E-state index contributed by atoms with van der Waals surface area (Å²) in [7, 11) is 0. The molecule has 0 spiro atoms. The summed E-state index contributed by atoms with van der Waals surface area (Å²) in [5.41, 5.74) is 0.659. The number of carbonyl (C=O) groups excluding carboxylic acids is 1. The molecule has 0 aromatic heterocycles. The Morgan fingerprint density at radius 1 is 1.42 bits per heavy atom. The number of rotatable bonds is 4. The Bertz CT molecular complexity index is 385. The first-order chi connectivity index (χ1) is 8.85. The molecule has 0 saturated carbocycles. The summed E-state index contributed by atoms with van der Waals surface area (Å²) in [6.45, 7) is 12.8. The molecular weight excluding hydrogens is 240 g/mol. The van der Waals surface area contributed by atoms with E-state index in [0.29, 0.717) is 0 Å². The second kappa shape index (κ2) is 6.45. The molecule has 19 heavy (non-hydrogen) atoms. The Morgan fingerprint density at radius 2 is 2.05 bits per heavy atom. The van der Waals surface area contributed by atoms with Crippen molar-refractivity contribution in [3.63, 3.8) is 0 Å². The van der Waals surface area contributed by atoms with E-state index in [0.717, 1.165) is 18.8 Å². The average Bonchev–Trinajstić information content (AvgIpc) is 2.20. The van der Waals surface area contributed by atoms with Gasteiger partial charge in [0.25, 0.3) is 0 Å². The lowest BCUT2D eigenvalue weighted by molar-refractivity contribution is 0.0437. The van der Waals surface area contributed by atoms with Gasteiger partial charge in [-0.1, -0.05) is 18.7 Å². The monoisotopic (exact) mass is 264 g/mol. The number of allylic oxidation sites excluding steroid dienone is 4. The van der Waals surface area contributed by atoms with Gasteiger partial charge in [0, 0.05) is 18.8 Å². The summed E-state index contributed by atoms with van der Waals surface area (Å²) < 4.78 is 5.22. The fourth-order valence-electron chi connectivity index (χ4n) is 1.81. The molecule has 0 radical (unpaired) electrons. The van der Waals surface area contributed by atoms with Crippen LogP contribution in [0.4, 0.5) is 4.79 Å². The van der Waals surface area contributed by atoms with Crippen LogP contribution in [0.5, 0.6) is 0 Å². The molecule has 4 heteroatoms. The number of nitrogens with zero attached hydrogens (tertiary/aromatic N) is 1. The SMILES string of the molecule is C=C/C=C(\C=C/C)N1CC(NC(=O)OC(C)(C)C)C1. The third kappa shape index (κ3) is 5.20. The molecule has 1 fully saturated rings. The third-order valence-electron chi connectivity index (χ3n) is 2.59. The molecule has 1 N–H and O–H groups in total. The van der Waals surface area contributed by atoms with Crippen LogP contribution in [0.2, 0.25) is 0 Å². The van der Waals surface area contributed by atoms with E-state index in [1.54, 1.807) is 6.08 Å². The molecule has 1 heterocycles. The molecule has 0 aliphatic carbocycles. The van der Waals surface area contributed by atoms with Gasteiger partial charge in [0.05, 0.1) is 6.04 Å². The minimum Gasteiger partial charge on any atom is -0.444 e. The Balaban J connectivity index is 2.39. The van der Waals surface area contributed by atoms with Gasteiger partial charge in [-0.05, 0) is 39.8 Å². The van der Waals surface area contributed by atoms with E-state index < -0.39 is 5.60 Å². The fourth-order valence-corrected chi connectivity index (χ4v) is 1.81. The summed E-state index contributed by atoms with van der Waals surface area (Å²) >= 11 is 0. The highest BCUT2D eigenvalue weighted by Crippen LogP contribution is 2.17. The van der Waals surface area contributed by atoms with E-state index >= 15 is 0 Å². The normalized spacial score (nSPS) is 17.3. The molecule has 0 bridgehead atoms. The minimum atomic E-state index is -0.452. The quantitative estimate of drug-likeness (QED) is 0.794. The summed E-state index contributed by atoms with van der Waals surface area (Å²) in [5, 5.41) is 2.86. The van der Waals surface area contributed by atoms with Crippen molar-refractivity contribution in [2.24, 2.45) is 0 Å². The highest BCUT2D eigenvalue weighted by atomic mass is 16.6. The maximum absolute atomic E-state index is 11.6. The third-order valence-corrected chi connectivity index (χ3v) is 2.59. The summed E-state index contributed by atoms with van der Waals surface area (Å²) in [4.78, 5) is 13.8. The van der Waals surface area contributed by atoms with Crippen LogP contribution in [0.15, 0.2) is 36.6 Å². The lowest BCUT2D eigenvalue weighted by atomic mass is 10.1. The van der Waals surface area contributed by atoms with Gasteiger partial charge in [-0.15, -0.1) is 0 Å². The molecule has 0 unspecified atom stereocenters. The molecule has 1 aliphatic heterocycles. The zero-order chi connectivity index (χ0) is 14.5. The molecule has 4 nitrogen and oxygen atoms in total. The van der Waals surface area contributed by atoms with Crippen molar-refractivity contribution in [2.75, 3.05) is 13.1 Å². The highest BCUT2D eigenvalue weighted by molar-refractivity contribution is 5.68. The zero-order valence-corrected chi connectivity index (χ0v) is 12.3. The van der Waals surface area contributed by atoms with Crippen LogP contribution in [0.1, 0.15) is 27.7 Å². The van der Waals surface area contributed by atoms with E-state index in [1.807, 2.05) is 45.9 Å². The van der Waals surface area contributed by atoms with Crippen LogP contribution in [0.25, 0.3) is 0 Å². The number of alkyl carbamates (subject to hydrolysis) is 1. The van der Waals surface area contributed by atoms with Crippen LogP contribution in [0.3, 0.4) is 0 Å². The Labute approximate surface area is 115 Å². The molecule has 0 atom stereocenters. The molecule has 0 aromatic carbocycles. The predicted molar refractivity (Wildman–Crippen MR) is 77.8 cm³/mol. The van der Waals surface area contributed by atoms with Gasteiger partial charge in [-0.2, -0.15) is 0 Å². The molecule has 1 aliphatic rings. The van der Waals surface area contributed by atoms with E-state index in [4.69, 9.17) is 4.74 Å². The maximum atomic E-state index is 11.6. The topological polar surface area (TPSA) is 41.6 Å². The van der Waals surface area contributed by atoms with Crippen LogP contribution in [-0.4, -0.2) is 35.7 Å². The predicted octanol–water partition coefficient (Wildman–Crippen LogP) is 2.84. The summed E-state index contributed by atoms with van der Waals surface area (Å²) in [5.74, 6) is 0. The Morgan fingerprint density at radius 3 is 2.53 bits per heavy atom. The Kier molecular flexibility index (Phi) is 5.21. The smallest absolute Gasteiger partial charge is 0.407 e. The molecule has 0 aromatic rings. The fraction of sp³-hybridized carbons (Fsp3) is 0.533. The first kappa shape index (κ1) is 15.3. The minimum absolute atomic E-state index is 0.147. The van der Waals surface area contributed by atoms with Crippen molar-refractivity contribution >= 4 is 6.09 Å². The van der Waals surface area contributed by atoms with E-state index in [9.17, 15) is 4.79 Å². The van der Waals surface area contributed by atoms with Crippen LogP contribution < -0.4 is 5.32 Å². The average molecular weight is 264 g/mol. The highest BCUT2D eigenvalue weighted by Gasteiger charge is 2.30. The van der Waals surface area contributed by atoms with Gasteiger partial charge in [0.15, 0.2) is 0 Å². The standard InChI is InChI=1S/C15H24N2O2/c1-6-8-13(9-7-2)17-10-12(11-17)16-14(18)19-15(3,4)5/h6-9,12H,1,10-11H2,2-5H3,(H,16,18)/b9-7-,13-8+. The van der Waals surface area contributed by atoms with Gasteiger partial charge in [0.2, 0.25) is 0 Å². The maximum Gasteiger partial charge on any atom is 0.407 e. The van der Waals surface area contributed by atoms with Crippen molar-refractivity contribution in [1.29, 1.82) is 0 Å². The van der Waals surface area contributed by atoms with Crippen LogP contribution in [-0.2, 0) is 4.74 Å². The summed E-state index contributed by atoms with van der Waals surface area (Å²) in [6, 6.07) is 0.147. The molecule has 106 valence electrons. The van der Waals surface area contributed by atoms with Crippen molar-refractivity contribution in [1.82, 2.24) is 10.2 Å². The second-order valence-electron chi connectivity index (χ2n) is 5.58. The van der Waals surface area contributed by atoms with Crippen LogP contribution >= 0.6 is 0 Å². The second-order valence-corrected chi connectivity index (χ2v) is 5.58. The van der Waals surface area contributed by atoms with Gasteiger partial charge in [-0.25, -0.2) is 4.79 Å². The number of nitrogens with one attached hydrogen (secondary N) is 1. The first-order valence-corrected chi connectivity index (χ1v) is 6.55. The number of amides is 1. The largest absolute Gasteiger partial charge is 0.444 e. The number of ether oxygens (including phenoxy) is 1. The number of hydrogen-bond donors (Lipinski definition) is 1. The van der Waals surface area contributed by atoms with Crippen molar-refractivity contribution in [2.45, 2.75) is 39.3 Å². The van der Waals surface area contributed by atoms with Crippen molar-refractivity contribution < 1.29 is 9.53 Å². The molecular formula is C15H24N2O2. The van der Waals surface area contributed by atoms with E-state index in [-0.39, 0.29) is 12.1 Å². The molecule has 1 saturated heterocycles. The van der Waals surface area contributed by atoms with Gasteiger partial charge >= 0.3 is 6.09 Å². The first-order valence-electron chi connectivity index (χ1n) is 6.55. The van der Waals surface area contributed by atoms with Gasteiger partial charge < -0.3 is 15.0 Å². The van der Waals surface area contributed by atoms with E-state index in [1.165, 1.54) is 0 Å². The molecule has 1 amide bonds.